The summed E-state index contributed by atoms with van der Waals surface area (Å²) in [5.74, 6) is 0.589. The fourth-order valence-corrected chi connectivity index (χ4v) is 4.10. The SMILES string of the molecule is CCS(=O)(=O)c1nnc(-c2cnn(-c3ncccc3Cl)c2N)s1. The summed E-state index contributed by atoms with van der Waals surface area (Å²) >= 11 is 7.03. The maximum absolute atomic E-state index is 11.8. The van der Waals surface area contributed by atoms with Gasteiger partial charge in [0.05, 0.1) is 22.5 Å². The second kappa shape index (κ2) is 5.87. The first kappa shape index (κ1) is 15.8. The zero-order valence-corrected chi connectivity index (χ0v) is 14.2. The molecule has 0 spiro atoms. The van der Waals surface area contributed by atoms with E-state index in [1.165, 1.54) is 10.9 Å². The molecular weight excluding hydrogens is 360 g/mol. The quantitative estimate of drug-likeness (QED) is 0.744. The summed E-state index contributed by atoms with van der Waals surface area (Å²) < 4.78 is 25.0. The molecule has 23 heavy (non-hydrogen) atoms. The molecule has 0 bridgehead atoms. The first-order valence-electron chi connectivity index (χ1n) is 6.45. The number of sulfone groups is 1. The van der Waals surface area contributed by atoms with E-state index in [1.807, 2.05) is 0 Å². The van der Waals surface area contributed by atoms with Crippen molar-refractivity contribution in [3.05, 3.63) is 29.5 Å². The zero-order chi connectivity index (χ0) is 16.6. The first-order chi connectivity index (χ1) is 10.9. The molecule has 0 fully saturated rings. The number of nitrogens with zero attached hydrogens (tertiary/aromatic N) is 5. The predicted octanol–water partition coefficient (Wildman–Crippen LogP) is 1.81. The largest absolute Gasteiger partial charge is 0.383 e. The van der Waals surface area contributed by atoms with Crippen LogP contribution in [-0.4, -0.2) is 39.1 Å². The van der Waals surface area contributed by atoms with Gasteiger partial charge in [0.1, 0.15) is 5.82 Å². The van der Waals surface area contributed by atoms with E-state index < -0.39 is 9.84 Å². The molecule has 0 saturated carbocycles. The molecular formula is C12H11ClN6O2S2. The summed E-state index contributed by atoms with van der Waals surface area (Å²) in [6.45, 7) is 1.55. The molecule has 3 heterocycles. The number of hydrogen-bond donors (Lipinski definition) is 1. The number of nitrogen functional groups attached to an aromatic ring is 1. The van der Waals surface area contributed by atoms with Crippen molar-refractivity contribution in [3.8, 4) is 16.4 Å². The number of halogens is 1. The lowest BCUT2D eigenvalue weighted by Crippen LogP contribution is -2.04. The van der Waals surface area contributed by atoms with E-state index in [4.69, 9.17) is 17.3 Å². The molecule has 0 aliphatic heterocycles. The van der Waals surface area contributed by atoms with Gasteiger partial charge >= 0.3 is 0 Å². The number of hydrogen-bond acceptors (Lipinski definition) is 8. The highest BCUT2D eigenvalue weighted by Crippen LogP contribution is 2.32. The molecule has 11 heteroatoms. The maximum atomic E-state index is 11.8. The summed E-state index contributed by atoms with van der Waals surface area (Å²) in [5.41, 5.74) is 6.55. The van der Waals surface area contributed by atoms with Crippen LogP contribution in [0.4, 0.5) is 5.82 Å². The molecule has 8 nitrogen and oxygen atoms in total. The van der Waals surface area contributed by atoms with Gasteiger partial charge in [-0.1, -0.05) is 29.9 Å². The highest BCUT2D eigenvalue weighted by molar-refractivity contribution is 7.93. The number of rotatable bonds is 4. The first-order valence-corrected chi connectivity index (χ1v) is 9.29. The average Bonchev–Trinajstić information content (AvgIpc) is 3.15. The Kier molecular flexibility index (Phi) is 4.04. The van der Waals surface area contributed by atoms with Crippen LogP contribution in [-0.2, 0) is 9.84 Å². The smallest absolute Gasteiger partial charge is 0.232 e. The van der Waals surface area contributed by atoms with Crippen molar-refractivity contribution in [1.29, 1.82) is 0 Å². The molecule has 0 aliphatic rings. The molecule has 2 N–H and O–H groups in total. The molecule has 0 saturated heterocycles. The maximum Gasteiger partial charge on any atom is 0.232 e. The average molecular weight is 371 g/mol. The van der Waals surface area contributed by atoms with Gasteiger partial charge in [-0.25, -0.2) is 13.4 Å². The van der Waals surface area contributed by atoms with Crippen LogP contribution in [0.3, 0.4) is 0 Å². The molecule has 3 aromatic rings. The Bertz CT molecular complexity index is 966. The Labute approximate surface area is 140 Å². The summed E-state index contributed by atoms with van der Waals surface area (Å²) in [4.78, 5) is 4.13. The van der Waals surface area contributed by atoms with Crippen molar-refractivity contribution in [1.82, 2.24) is 25.0 Å². The van der Waals surface area contributed by atoms with Crippen LogP contribution in [0.5, 0.6) is 0 Å². The van der Waals surface area contributed by atoms with Crippen molar-refractivity contribution in [2.75, 3.05) is 11.5 Å². The minimum Gasteiger partial charge on any atom is -0.383 e. The van der Waals surface area contributed by atoms with Crippen LogP contribution in [0.2, 0.25) is 5.02 Å². The highest BCUT2D eigenvalue weighted by atomic mass is 35.5. The van der Waals surface area contributed by atoms with Gasteiger partial charge in [0.2, 0.25) is 14.2 Å². The summed E-state index contributed by atoms with van der Waals surface area (Å²) in [5, 5.41) is 12.5. The standard InChI is InChI=1S/C12H11ClN6O2S2/c1-2-23(20,21)12-18-17-11(22-12)7-6-16-19(9(7)14)10-8(13)4-3-5-15-10/h3-6H,2,14H2,1H3. The molecule has 0 unspecified atom stereocenters. The van der Waals surface area contributed by atoms with E-state index in [1.54, 1.807) is 25.3 Å². The van der Waals surface area contributed by atoms with Crippen molar-refractivity contribution in [3.63, 3.8) is 0 Å². The predicted molar refractivity (Wildman–Crippen MR) is 87.4 cm³/mol. The molecule has 3 aromatic heterocycles. The minimum atomic E-state index is -3.41. The Balaban J connectivity index is 2.06. The zero-order valence-electron chi connectivity index (χ0n) is 11.8. The minimum absolute atomic E-state index is 0.0417. The van der Waals surface area contributed by atoms with Crippen molar-refractivity contribution in [2.45, 2.75) is 11.3 Å². The monoisotopic (exact) mass is 370 g/mol. The van der Waals surface area contributed by atoms with Crippen LogP contribution >= 0.6 is 22.9 Å². The Morgan fingerprint density at radius 2 is 2.17 bits per heavy atom. The van der Waals surface area contributed by atoms with Crippen LogP contribution in [0.1, 0.15) is 6.92 Å². The fraction of sp³-hybridized carbons (Fsp3) is 0.167. The Hall–Kier alpha value is -2.04. The Morgan fingerprint density at radius 3 is 2.87 bits per heavy atom. The van der Waals surface area contributed by atoms with Crippen molar-refractivity contribution < 1.29 is 8.42 Å². The second-order valence-electron chi connectivity index (χ2n) is 4.44. The topological polar surface area (TPSA) is 117 Å². The van der Waals surface area contributed by atoms with Gasteiger partial charge < -0.3 is 5.73 Å². The van der Waals surface area contributed by atoms with Gasteiger partial charge in [-0.15, -0.1) is 10.2 Å². The molecule has 0 radical (unpaired) electrons. The summed E-state index contributed by atoms with van der Waals surface area (Å²) in [6, 6.07) is 3.36. The lowest BCUT2D eigenvalue weighted by molar-refractivity contribution is 0.595. The molecule has 0 aromatic carbocycles. The van der Waals surface area contributed by atoms with Crippen LogP contribution in [0.15, 0.2) is 28.9 Å². The summed E-state index contributed by atoms with van der Waals surface area (Å²) in [6.07, 6.45) is 3.04. The van der Waals surface area contributed by atoms with Gasteiger partial charge in [-0.05, 0) is 12.1 Å². The van der Waals surface area contributed by atoms with E-state index in [2.05, 4.69) is 20.3 Å². The lowest BCUT2D eigenvalue weighted by Gasteiger charge is -2.04. The third-order valence-electron chi connectivity index (χ3n) is 3.03. The lowest BCUT2D eigenvalue weighted by atomic mass is 10.3. The number of pyridine rings is 1. The third kappa shape index (κ3) is 2.80. The van der Waals surface area contributed by atoms with E-state index >= 15 is 0 Å². The third-order valence-corrected chi connectivity index (χ3v) is 6.46. The number of anilines is 1. The van der Waals surface area contributed by atoms with Gasteiger partial charge in [0, 0.05) is 6.20 Å². The van der Waals surface area contributed by atoms with Gasteiger partial charge in [-0.3, -0.25) is 0 Å². The fourth-order valence-electron chi connectivity index (χ4n) is 1.79. The normalized spacial score (nSPS) is 11.7. The van der Waals surface area contributed by atoms with E-state index in [0.29, 0.717) is 21.4 Å². The number of aromatic nitrogens is 5. The van der Waals surface area contributed by atoms with E-state index in [-0.39, 0.29) is 15.9 Å². The van der Waals surface area contributed by atoms with Crippen molar-refractivity contribution in [2.24, 2.45) is 0 Å². The van der Waals surface area contributed by atoms with Crippen LogP contribution in [0.25, 0.3) is 16.4 Å². The number of nitrogens with two attached hydrogens (primary N) is 1. The second-order valence-corrected chi connectivity index (χ2v) is 8.28. The van der Waals surface area contributed by atoms with E-state index in [0.717, 1.165) is 11.3 Å². The van der Waals surface area contributed by atoms with Crippen LogP contribution in [0, 0.1) is 0 Å². The summed E-state index contributed by atoms with van der Waals surface area (Å²) in [7, 11) is -3.41. The molecule has 3 rings (SSSR count). The van der Waals surface area contributed by atoms with Crippen molar-refractivity contribution >= 4 is 38.6 Å². The molecule has 0 amide bonds. The molecule has 0 atom stereocenters. The highest BCUT2D eigenvalue weighted by Gasteiger charge is 2.22. The van der Waals surface area contributed by atoms with Gasteiger partial charge in [0.25, 0.3) is 0 Å². The van der Waals surface area contributed by atoms with E-state index in [9.17, 15) is 8.42 Å². The molecule has 120 valence electrons. The molecule has 0 aliphatic carbocycles. The van der Waals surface area contributed by atoms with Crippen LogP contribution < -0.4 is 5.73 Å². The van der Waals surface area contributed by atoms with Gasteiger partial charge in [-0.2, -0.15) is 9.78 Å². The van der Waals surface area contributed by atoms with Gasteiger partial charge in [0.15, 0.2) is 10.8 Å². The Morgan fingerprint density at radius 1 is 1.39 bits per heavy atom.